The number of piperazine rings is 1. The lowest BCUT2D eigenvalue weighted by Gasteiger charge is -2.48. The third-order valence-electron chi connectivity index (χ3n) is 3.81. The smallest absolute Gasteiger partial charge is 0.119 e. The maximum atomic E-state index is 5.22. The molecule has 0 unspecified atom stereocenters. The largest absolute Gasteiger partial charge is 0.497 e. The molecule has 0 saturated carbocycles. The summed E-state index contributed by atoms with van der Waals surface area (Å²) in [7, 11) is 1.71. The lowest BCUT2D eigenvalue weighted by molar-refractivity contribution is 0.191. The van der Waals surface area contributed by atoms with Crippen molar-refractivity contribution in [2.24, 2.45) is 0 Å². The number of rotatable bonds is 3. The molecule has 18 heavy (non-hydrogen) atoms. The fourth-order valence-corrected chi connectivity index (χ4v) is 2.77. The zero-order valence-electron chi connectivity index (χ0n) is 11.9. The molecule has 100 valence electrons. The average Bonchev–Trinajstić information content (AvgIpc) is 2.38. The van der Waals surface area contributed by atoms with Gasteiger partial charge in [0.1, 0.15) is 5.75 Å². The van der Waals surface area contributed by atoms with Crippen LogP contribution in [0.4, 0.5) is 5.69 Å². The molecule has 1 aliphatic heterocycles. The van der Waals surface area contributed by atoms with E-state index in [0.717, 1.165) is 31.9 Å². The molecule has 0 aromatic heterocycles. The summed E-state index contributed by atoms with van der Waals surface area (Å²) in [5, 5.41) is 0. The van der Waals surface area contributed by atoms with Crippen LogP contribution >= 0.6 is 0 Å². The summed E-state index contributed by atoms with van der Waals surface area (Å²) < 4.78 is 5.22. The summed E-state index contributed by atoms with van der Waals surface area (Å²) in [6.45, 7) is 11.4. The second-order valence-corrected chi connectivity index (χ2v) is 5.53. The van der Waals surface area contributed by atoms with Gasteiger partial charge in [-0.1, -0.05) is 6.92 Å². The monoisotopic (exact) mass is 248 g/mol. The van der Waals surface area contributed by atoms with Crippen LogP contribution in [-0.4, -0.2) is 43.7 Å². The van der Waals surface area contributed by atoms with Gasteiger partial charge in [-0.15, -0.1) is 0 Å². The van der Waals surface area contributed by atoms with E-state index < -0.39 is 0 Å². The van der Waals surface area contributed by atoms with Crippen LogP contribution in [0.5, 0.6) is 5.75 Å². The van der Waals surface area contributed by atoms with Crippen LogP contribution < -0.4 is 9.64 Å². The number of methoxy groups -OCH3 is 1. The van der Waals surface area contributed by atoms with Crippen molar-refractivity contribution in [3.8, 4) is 5.75 Å². The zero-order chi connectivity index (χ0) is 13.2. The van der Waals surface area contributed by atoms with Crippen LogP contribution in [0.1, 0.15) is 20.8 Å². The Labute approximate surface area is 110 Å². The third kappa shape index (κ3) is 2.61. The molecule has 3 heteroatoms. The first-order chi connectivity index (χ1) is 8.56. The topological polar surface area (TPSA) is 15.7 Å². The molecular formula is C15H24N2O. The highest BCUT2D eigenvalue weighted by Crippen LogP contribution is 2.29. The van der Waals surface area contributed by atoms with Crippen LogP contribution in [0.15, 0.2) is 24.3 Å². The molecule has 1 fully saturated rings. The first-order valence-electron chi connectivity index (χ1n) is 6.71. The fraction of sp³-hybridized carbons (Fsp3) is 0.600. The Morgan fingerprint density at radius 1 is 1.17 bits per heavy atom. The van der Waals surface area contributed by atoms with Crippen molar-refractivity contribution in [3.05, 3.63) is 24.3 Å². The normalized spacial score (nSPS) is 19.9. The van der Waals surface area contributed by atoms with E-state index in [-0.39, 0.29) is 5.54 Å². The number of hydrogen-bond acceptors (Lipinski definition) is 3. The van der Waals surface area contributed by atoms with Crippen LogP contribution in [0.2, 0.25) is 0 Å². The molecule has 1 saturated heterocycles. The lowest BCUT2D eigenvalue weighted by atomic mass is 9.97. The first kappa shape index (κ1) is 13.2. The number of hydrogen-bond donors (Lipinski definition) is 0. The highest BCUT2D eigenvalue weighted by Gasteiger charge is 2.32. The van der Waals surface area contributed by atoms with Crippen molar-refractivity contribution < 1.29 is 4.74 Å². The second-order valence-electron chi connectivity index (χ2n) is 5.53. The molecule has 0 bridgehead atoms. The molecule has 1 heterocycles. The Morgan fingerprint density at radius 3 is 2.33 bits per heavy atom. The van der Waals surface area contributed by atoms with Crippen molar-refractivity contribution in [1.29, 1.82) is 0 Å². The summed E-state index contributed by atoms with van der Waals surface area (Å²) in [5.41, 5.74) is 1.47. The highest BCUT2D eigenvalue weighted by molar-refractivity contribution is 5.51. The van der Waals surface area contributed by atoms with Gasteiger partial charge in [0.2, 0.25) is 0 Å². The fourth-order valence-electron chi connectivity index (χ4n) is 2.77. The van der Waals surface area contributed by atoms with Crippen LogP contribution in [0.3, 0.4) is 0 Å². The molecule has 0 atom stereocenters. The van der Waals surface area contributed by atoms with Gasteiger partial charge in [0, 0.05) is 30.9 Å². The summed E-state index contributed by atoms with van der Waals surface area (Å²) in [5.74, 6) is 0.920. The van der Waals surface area contributed by atoms with Gasteiger partial charge in [-0.3, -0.25) is 4.90 Å². The van der Waals surface area contributed by atoms with Gasteiger partial charge in [0.25, 0.3) is 0 Å². The minimum absolute atomic E-state index is 0.183. The first-order valence-corrected chi connectivity index (χ1v) is 6.71. The zero-order valence-corrected chi connectivity index (χ0v) is 11.9. The maximum absolute atomic E-state index is 5.22. The van der Waals surface area contributed by atoms with Gasteiger partial charge in [-0.2, -0.15) is 0 Å². The van der Waals surface area contributed by atoms with Crippen LogP contribution in [0, 0.1) is 0 Å². The highest BCUT2D eigenvalue weighted by atomic mass is 16.5. The number of ether oxygens (including phenoxy) is 1. The third-order valence-corrected chi connectivity index (χ3v) is 3.81. The van der Waals surface area contributed by atoms with E-state index in [0.29, 0.717) is 0 Å². The number of anilines is 1. The van der Waals surface area contributed by atoms with Gasteiger partial charge in [0.15, 0.2) is 0 Å². The van der Waals surface area contributed by atoms with E-state index in [1.807, 2.05) is 12.1 Å². The summed E-state index contributed by atoms with van der Waals surface area (Å²) in [6.07, 6.45) is 0. The average molecular weight is 248 g/mol. The molecule has 1 aromatic carbocycles. The van der Waals surface area contributed by atoms with Crippen molar-refractivity contribution >= 4 is 5.69 Å². The Morgan fingerprint density at radius 2 is 1.83 bits per heavy atom. The standard InChI is InChI=1S/C15H24N2O/c1-5-16-10-11-17(15(2,3)12-16)13-6-8-14(18-4)9-7-13/h6-9H,5,10-12H2,1-4H3. The molecule has 3 nitrogen and oxygen atoms in total. The Balaban J connectivity index is 2.16. The van der Waals surface area contributed by atoms with Crippen LogP contribution in [-0.2, 0) is 0 Å². The van der Waals surface area contributed by atoms with Crippen molar-refractivity contribution in [2.45, 2.75) is 26.3 Å². The molecule has 1 aliphatic rings. The SMILES string of the molecule is CCN1CCN(c2ccc(OC)cc2)C(C)(C)C1. The van der Waals surface area contributed by atoms with E-state index >= 15 is 0 Å². The number of likely N-dealkylation sites (N-methyl/N-ethyl adjacent to an activating group) is 1. The van der Waals surface area contributed by atoms with Gasteiger partial charge >= 0.3 is 0 Å². The number of nitrogens with zero attached hydrogens (tertiary/aromatic N) is 2. The Hall–Kier alpha value is -1.22. The molecular weight excluding hydrogens is 224 g/mol. The summed E-state index contributed by atoms with van der Waals surface area (Å²) >= 11 is 0. The van der Waals surface area contributed by atoms with Gasteiger partial charge in [-0.05, 0) is 44.7 Å². The van der Waals surface area contributed by atoms with E-state index in [4.69, 9.17) is 4.74 Å². The van der Waals surface area contributed by atoms with Gasteiger partial charge in [0.05, 0.1) is 7.11 Å². The molecule has 0 amide bonds. The molecule has 1 aromatic rings. The molecule has 0 N–H and O–H groups in total. The van der Waals surface area contributed by atoms with Crippen molar-refractivity contribution in [3.63, 3.8) is 0 Å². The second kappa shape index (κ2) is 5.19. The van der Waals surface area contributed by atoms with Crippen molar-refractivity contribution in [2.75, 3.05) is 38.2 Å². The summed E-state index contributed by atoms with van der Waals surface area (Å²) in [6, 6.07) is 8.39. The maximum Gasteiger partial charge on any atom is 0.119 e. The van der Waals surface area contributed by atoms with E-state index in [1.54, 1.807) is 7.11 Å². The molecule has 0 spiro atoms. The predicted octanol–water partition coefficient (Wildman–Crippen LogP) is 2.62. The minimum Gasteiger partial charge on any atom is -0.497 e. The van der Waals surface area contributed by atoms with Gasteiger partial charge in [-0.25, -0.2) is 0 Å². The minimum atomic E-state index is 0.183. The van der Waals surface area contributed by atoms with E-state index in [2.05, 4.69) is 42.7 Å². The molecule has 0 radical (unpaired) electrons. The van der Waals surface area contributed by atoms with Crippen molar-refractivity contribution in [1.82, 2.24) is 4.90 Å². The van der Waals surface area contributed by atoms with Gasteiger partial charge < -0.3 is 9.64 Å². The quantitative estimate of drug-likeness (QED) is 0.818. The van der Waals surface area contributed by atoms with Crippen LogP contribution in [0.25, 0.3) is 0 Å². The van der Waals surface area contributed by atoms with E-state index in [1.165, 1.54) is 5.69 Å². The number of benzene rings is 1. The predicted molar refractivity (Wildman–Crippen MR) is 76.5 cm³/mol. The molecule has 0 aliphatic carbocycles. The summed E-state index contributed by atoms with van der Waals surface area (Å²) in [4.78, 5) is 5.01. The lowest BCUT2D eigenvalue weighted by Crippen LogP contribution is -2.59. The molecule has 2 rings (SSSR count). The Kier molecular flexibility index (Phi) is 3.81. The van der Waals surface area contributed by atoms with E-state index in [9.17, 15) is 0 Å². The Bertz CT molecular complexity index is 386.